The van der Waals surface area contributed by atoms with Crippen LogP contribution in [-0.4, -0.2) is 15.2 Å². The van der Waals surface area contributed by atoms with Gasteiger partial charge in [0.1, 0.15) is 5.82 Å². The third kappa shape index (κ3) is 3.65. The number of hydrogen-bond acceptors (Lipinski definition) is 3. The number of aromatic nitrogens is 3. The van der Waals surface area contributed by atoms with Gasteiger partial charge in [-0.25, -0.2) is 4.98 Å². The molecule has 0 aliphatic rings. The van der Waals surface area contributed by atoms with Crippen LogP contribution < -0.4 is 5.73 Å². The normalized spacial score (nSPS) is 7.80. The van der Waals surface area contributed by atoms with Gasteiger partial charge < -0.3 is 5.73 Å². The van der Waals surface area contributed by atoms with Crippen LogP contribution in [0.2, 0.25) is 0 Å². The fourth-order valence-electron chi connectivity index (χ4n) is 0.363. The highest BCUT2D eigenvalue weighted by Crippen LogP contribution is 1.98. The van der Waals surface area contributed by atoms with Gasteiger partial charge in [-0.15, -0.1) is 39.1 Å². The summed E-state index contributed by atoms with van der Waals surface area (Å²) in [5.41, 5.74) is 5.21. The number of nitrogens with zero attached hydrogens (tertiary/aromatic N) is 2. The molecule has 1 rings (SSSR count). The van der Waals surface area contributed by atoms with E-state index < -0.39 is 0 Å². The summed E-state index contributed by atoms with van der Waals surface area (Å²) in [5.74, 6) is 0.692. The second kappa shape index (κ2) is 6.26. The molecule has 0 unspecified atom stereocenters. The topological polar surface area (TPSA) is 67.6 Å². The highest BCUT2D eigenvalue weighted by molar-refractivity contribution is 9.10. The van der Waals surface area contributed by atoms with Crippen LogP contribution >= 0.6 is 49.9 Å². The summed E-state index contributed by atoms with van der Waals surface area (Å²) in [6.45, 7) is 0.401. The average Bonchev–Trinajstić information content (AvgIpc) is 2.14. The van der Waals surface area contributed by atoms with Crippen molar-refractivity contribution in [2.75, 3.05) is 0 Å². The van der Waals surface area contributed by atoms with Crippen LogP contribution in [0.25, 0.3) is 0 Å². The minimum atomic E-state index is 0. The molecule has 10 heavy (non-hydrogen) atoms. The smallest absolute Gasteiger partial charge is 0.217 e. The molecule has 0 fully saturated rings. The summed E-state index contributed by atoms with van der Waals surface area (Å²) in [6, 6.07) is 0. The molecule has 4 nitrogen and oxygen atoms in total. The van der Waals surface area contributed by atoms with E-state index in [1.807, 2.05) is 0 Å². The van der Waals surface area contributed by atoms with Crippen LogP contribution in [0.3, 0.4) is 0 Å². The number of rotatable bonds is 1. The van der Waals surface area contributed by atoms with E-state index >= 15 is 0 Å². The number of halogens is 3. The van der Waals surface area contributed by atoms with Crippen LogP contribution in [0.1, 0.15) is 5.82 Å². The average molecular weight is 339 g/mol. The Bertz CT molecular complexity index is 176. The lowest BCUT2D eigenvalue weighted by Crippen LogP contribution is -1.97. The van der Waals surface area contributed by atoms with E-state index in [1.54, 1.807) is 0 Å². The molecular formula is C3H7Br3N4. The van der Waals surface area contributed by atoms with E-state index in [0.29, 0.717) is 17.1 Å². The number of hydrogen-bond donors (Lipinski definition) is 2. The predicted octanol–water partition coefficient (Wildman–Crippen LogP) is 1.18. The highest BCUT2D eigenvalue weighted by Gasteiger charge is 1.93. The standard InChI is InChI=1S/C3H5BrN4.2BrH/c4-3-6-2(1-5)7-8-3;;/h1,5H2,(H,6,7,8);2*1H. The van der Waals surface area contributed by atoms with Crippen molar-refractivity contribution in [1.29, 1.82) is 0 Å². The molecule has 0 spiro atoms. The largest absolute Gasteiger partial charge is 0.324 e. The number of aromatic amines is 1. The number of nitrogens with two attached hydrogens (primary N) is 1. The first-order valence-electron chi connectivity index (χ1n) is 2.10. The number of H-pyrrole nitrogens is 1. The van der Waals surface area contributed by atoms with E-state index in [9.17, 15) is 0 Å². The predicted molar refractivity (Wildman–Crippen MR) is 52.6 cm³/mol. The van der Waals surface area contributed by atoms with Crippen molar-refractivity contribution in [2.45, 2.75) is 6.54 Å². The van der Waals surface area contributed by atoms with Crippen molar-refractivity contribution in [2.24, 2.45) is 5.73 Å². The van der Waals surface area contributed by atoms with Crippen LogP contribution in [0, 0.1) is 0 Å². The summed E-state index contributed by atoms with van der Waals surface area (Å²) in [6.07, 6.45) is 0. The van der Waals surface area contributed by atoms with E-state index in [1.165, 1.54) is 0 Å². The molecule has 0 aliphatic heterocycles. The first-order chi connectivity index (χ1) is 3.83. The molecule has 0 saturated carbocycles. The Morgan fingerprint density at radius 1 is 1.50 bits per heavy atom. The Morgan fingerprint density at radius 2 is 2.10 bits per heavy atom. The molecule has 1 aromatic rings. The maximum Gasteiger partial charge on any atom is 0.217 e. The Hall–Kier alpha value is 0.540. The van der Waals surface area contributed by atoms with E-state index in [4.69, 9.17) is 5.73 Å². The molecule has 0 aliphatic carbocycles. The van der Waals surface area contributed by atoms with Crippen molar-refractivity contribution >= 4 is 49.9 Å². The van der Waals surface area contributed by atoms with Crippen molar-refractivity contribution in [3.63, 3.8) is 0 Å². The first-order valence-corrected chi connectivity index (χ1v) is 2.89. The minimum Gasteiger partial charge on any atom is -0.324 e. The van der Waals surface area contributed by atoms with Crippen LogP contribution in [-0.2, 0) is 6.54 Å². The maximum absolute atomic E-state index is 5.21. The van der Waals surface area contributed by atoms with Gasteiger partial charge in [0.25, 0.3) is 0 Å². The molecule has 0 atom stereocenters. The molecule has 0 aromatic carbocycles. The van der Waals surface area contributed by atoms with E-state index in [-0.39, 0.29) is 34.0 Å². The van der Waals surface area contributed by atoms with Crippen molar-refractivity contribution < 1.29 is 0 Å². The maximum atomic E-state index is 5.21. The highest BCUT2D eigenvalue weighted by atomic mass is 79.9. The molecule has 0 amide bonds. The van der Waals surface area contributed by atoms with Gasteiger partial charge in [0.2, 0.25) is 4.73 Å². The van der Waals surface area contributed by atoms with Gasteiger partial charge in [0, 0.05) is 0 Å². The third-order valence-corrected chi connectivity index (χ3v) is 1.05. The second-order valence-corrected chi connectivity index (χ2v) is 1.96. The summed E-state index contributed by atoms with van der Waals surface area (Å²) < 4.78 is 0.554. The Balaban J connectivity index is 0. The molecule has 3 N–H and O–H groups in total. The third-order valence-electron chi connectivity index (χ3n) is 0.698. The van der Waals surface area contributed by atoms with Crippen molar-refractivity contribution in [1.82, 2.24) is 15.2 Å². The molecule has 1 aromatic heterocycles. The van der Waals surface area contributed by atoms with Crippen LogP contribution in [0.15, 0.2) is 4.73 Å². The second-order valence-electron chi connectivity index (χ2n) is 1.26. The van der Waals surface area contributed by atoms with Gasteiger partial charge >= 0.3 is 0 Å². The molecular weight excluding hydrogens is 332 g/mol. The van der Waals surface area contributed by atoms with Gasteiger partial charge in [-0.3, -0.25) is 5.10 Å². The summed E-state index contributed by atoms with van der Waals surface area (Å²) in [5, 5.41) is 6.31. The summed E-state index contributed by atoms with van der Waals surface area (Å²) in [7, 11) is 0. The lowest BCUT2D eigenvalue weighted by atomic mass is 10.6. The first kappa shape index (κ1) is 13.2. The molecule has 0 radical (unpaired) electrons. The number of nitrogens with one attached hydrogen (secondary N) is 1. The van der Waals surface area contributed by atoms with Crippen LogP contribution in [0.4, 0.5) is 0 Å². The minimum absolute atomic E-state index is 0. The van der Waals surface area contributed by atoms with Gasteiger partial charge in [0.05, 0.1) is 6.54 Å². The lowest BCUT2D eigenvalue weighted by molar-refractivity contribution is 0.917. The summed E-state index contributed by atoms with van der Waals surface area (Å²) in [4.78, 5) is 3.85. The molecule has 0 saturated heterocycles. The van der Waals surface area contributed by atoms with Crippen molar-refractivity contribution in [3.8, 4) is 0 Å². The molecule has 1 heterocycles. The Labute approximate surface area is 87.6 Å². The Kier molecular flexibility index (Phi) is 8.24. The Morgan fingerprint density at radius 3 is 2.30 bits per heavy atom. The van der Waals surface area contributed by atoms with Gasteiger partial charge in [-0.05, 0) is 15.9 Å². The SMILES string of the molecule is Br.Br.NCc1nc(Br)n[nH]1. The molecule has 0 bridgehead atoms. The monoisotopic (exact) mass is 336 g/mol. The van der Waals surface area contributed by atoms with Gasteiger partial charge in [-0.2, -0.15) is 0 Å². The fraction of sp³-hybridized carbons (Fsp3) is 0.333. The fourth-order valence-corrected chi connectivity index (χ4v) is 0.666. The van der Waals surface area contributed by atoms with E-state index in [0.717, 1.165) is 0 Å². The van der Waals surface area contributed by atoms with Crippen molar-refractivity contribution in [3.05, 3.63) is 10.6 Å². The zero-order chi connectivity index (χ0) is 5.98. The summed E-state index contributed by atoms with van der Waals surface area (Å²) >= 11 is 3.06. The zero-order valence-electron chi connectivity index (χ0n) is 4.87. The quantitative estimate of drug-likeness (QED) is 0.808. The lowest BCUT2D eigenvalue weighted by Gasteiger charge is -1.78. The van der Waals surface area contributed by atoms with E-state index in [2.05, 4.69) is 31.1 Å². The van der Waals surface area contributed by atoms with Crippen LogP contribution in [0.5, 0.6) is 0 Å². The molecule has 60 valence electrons. The van der Waals surface area contributed by atoms with Gasteiger partial charge in [0.15, 0.2) is 0 Å². The van der Waals surface area contributed by atoms with Gasteiger partial charge in [-0.1, -0.05) is 0 Å². The zero-order valence-corrected chi connectivity index (χ0v) is 9.89. The molecule has 7 heteroatoms.